The maximum atomic E-state index is 6.62. The summed E-state index contributed by atoms with van der Waals surface area (Å²) in [5.41, 5.74) is 10.7. The maximum Gasteiger partial charge on any atom is 0.0374 e. The summed E-state index contributed by atoms with van der Waals surface area (Å²) in [4.78, 5) is 0. The molecule has 2 unspecified atom stereocenters. The smallest absolute Gasteiger partial charge is 0.0374 e. The third-order valence-corrected chi connectivity index (χ3v) is 5.28. The van der Waals surface area contributed by atoms with Gasteiger partial charge in [-0.1, -0.05) is 70.5 Å². The fourth-order valence-corrected chi connectivity index (χ4v) is 3.89. The third-order valence-electron chi connectivity index (χ3n) is 4.59. The lowest BCUT2D eigenvalue weighted by Crippen LogP contribution is -2.29. The number of benzene rings is 3. The Bertz CT molecular complexity index is 825. The molecule has 4 rings (SSSR count). The van der Waals surface area contributed by atoms with Gasteiger partial charge in [0.15, 0.2) is 0 Å². The molecule has 104 valence electrons. The van der Waals surface area contributed by atoms with Crippen LogP contribution in [-0.2, 0) is 6.42 Å². The largest absolute Gasteiger partial charge is 0.323 e. The zero-order valence-corrected chi connectivity index (χ0v) is 13.2. The van der Waals surface area contributed by atoms with E-state index in [-0.39, 0.29) is 6.04 Å². The number of hydrogen-bond acceptors (Lipinski definition) is 1. The van der Waals surface area contributed by atoms with Crippen LogP contribution in [0.4, 0.5) is 0 Å². The van der Waals surface area contributed by atoms with Gasteiger partial charge in [0.25, 0.3) is 0 Å². The van der Waals surface area contributed by atoms with Gasteiger partial charge in [0.2, 0.25) is 0 Å². The van der Waals surface area contributed by atoms with Crippen LogP contribution in [-0.4, -0.2) is 0 Å². The summed E-state index contributed by atoms with van der Waals surface area (Å²) in [5, 5.41) is 2.49. The van der Waals surface area contributed by atoms with E-state index in [1.54, 1.807) is 0 Å². The average Bonchev–Trinajstić information content (AvgIpc) is 2.49. The number of hydrogen-bond donors (Lipinski definition) is 1. The molecule has 1 aliphatic carbocycles. The molecule has 21 heavy (non-hydrogen) atoms. The van der Waals surface area contributed by atoms with E-state index >= 15 is 0 Å². The Hall–Kier alpha value is -1.64. The Balaban J connectivity index is 1.80. The topological polar surface area (TPSA) is 26.0 Å². The standard InChI is InChI=1S/C19H16BrN/c20-18-10-9-16(14-7-3-4-8-15(14)18)19(21)17-11-12-5-1-2-6-13(12)17/h1-10,17,19H,11,21H2. The minimum atomic E-state index is 0.0536. The lowest BCUT2D eigenvalue weighted by Gasteiger charge is -2.35. The van der Waals surface area contributed by atoms with Gasteiger partial charge in [-0.3, -0.25) is 0 Å². The fourth-order valence-electron chi connectivity index (χ4n) is 3.41. The Morgan fingerprint density at radius 2 is 1.62 bits per heavy atom. The van der Waals surface area contributed by atoms with Crippen molar-refractivity contribution in [2.24, 2.45) is 5.73 Å². The maximum absolute atomic E-state index is 6.62. The van der Waals surface area contributed by atoms with Gasteiger partial charge < -0.3 is 5.73 Å². The van der Waals surface area contributed by atoms with E-state index in [4.69, 9.17) is 5.73 Å². The summed E-state index contributed by atoms with van der Waals surface area (Å²) in [7, 11) is 0. The van der Waals surface area contributed by atoms with Gasteiger partial charge in [-0.15, -0.1) is 0 Å². The Morgan fingerprint density at radius 1 is 0.905 bits per heavy atom. The van der Waals surface area contributed by atoms with Gasteiger partial charge in [-0.2, -0.15) is 0 Å². The first kappa shape index (κ1) is 13.1. The van der Waals surface area contributed by atoms with E-state index in [1.807, 2.05) is 0 Å². The van der Waals surface area contributed by atoms with Gasteiger partial charge >= 0.3 is 0 Å². The van der Waals surface area contributed by atoms with Crippen LogP contribution < -0.4 is 5.73 Å². The van der Waals surface area contributed by atoms with Crippen molar-refractivity contribution in [2.45, 2.75) is 18.4 Å². The normalized spacial score (nSPS) is 18.1. The predicted octanol–water partition coefficient (Wildman–Crippen LogP) is 4.94. The summed E-state index contributed by atoms with van der Waals surface area (Å²) < 4.78 is 1.13. The highest BCUT2D eigenvalue weighted by Crippen LogP contribution is 2.44. The highest BCUT2D eigenvalue weighted by atomic mass is 79.9. The van der Waals surface area contributed by atoms with Crippen LogP contribution in [0.25, 0.3) is 10.8 Å². The molecular weight excluding hydrogens is 322 g/mol. The monoisotopic (exact) mass is 337 g/mol. The molecule has 2 heteroatoms. The van der Waals surface area contributed by atoms with Gasteiger partial charge in [-0.05, 0) is 39.9 Å². The molecule has 2 N–H and O–H groups in total. The van der Waals surface area contributed by atoms with E-state index < -0.39 is 0 Å². The molecule has 0 spiro atoms. The van der Waals surface area contributed by atoms with Crippen LogP contribution in [0, 0.1) is 0 Å². The molecule has 0 radical (unpaired) electrons. The quantitative estimate of drug-likeness (QED) is 0.704. The molecule has 0 saturated heterocycles. The third kappa shape index (κ3) is 2.02. The van der Waals surface area contributed by atoms with Crippen molar-refractivity contribution in [3.05, 3.63) is 81.8 Å². The van der Waals surface area contributed by atoms with Crippen molar-refractivity contribution in [3.8, 4) is 0 Å². The van der Waals surface area contributed by atoms with Crippen LogP contribution in [0.2, 0.25) is 0 Å². The van der Waals surface area contributed by atoms with Crippen molar-refractivity contribution in [3.63, 3.8) is 0 Å². The Kier molecular flexibility index (Phi) is 3.09. The first-order valence-electron chi connectivity index (χ1n) is 7.26. The van der Waals surface area contributed by atoms with Crippen molar-refractivity contribution in [1.29, 1.82) is 0 Å². The van der Waals surface area contributed by atoms with Crippen LogP contribution >= 0.6 is 15.9 Å². The van der Waals surface area contributed by atoms with E-state index in [1.165, 1.54) is 27.5 Å². The summed E-state index contributed by atoms with van der Waals surface area (Å²) in [6.07, 6.45) is 1.09. The SMILES string of the molecule is NC(c1ccc(Br)c2ccccc12)C1Cc2ccccc21. The van der Waals surface area contributed by atoms with Crippen LogP contribution in [0.1, 0.15) is 28.7 Å². The van der Waals surface area contributed by atoms with E-state index in [2.05, 4.69) is 76.6 Å². The van der Waals surface area contributed by atoms with Crippen LogP contribution in [0.3, 0.4) is 0 Å². The van der Waals surface area contributed by atoms with Gasteiger partial charge in [-0.25, -0.2) is 0 Å². The van der Waals surface area contributed by atoms with Crippen molar-refractivity contribution >= 4 is 26.7 Å². The molecule has 0 saturated carbocycles. The summed E-state index contributed by atoms with van der Waals surface area (Å²) in [5.74, 6) is 0.436. The zero-order valence-electron chi connectivity index (χ0n) is 11.6. The molecule has 3 aromatic carbocycles. The average molecular weight is 338 g/mol. The Labute approximate surface area is 132 Å². The predicted molar refractivity (Wildman–Crippen MR) is 91.5 cm³/mol. The number of halogens is 1. The Morgan fingerprint density at radius 3 is 2.43 bits per heavy atom. The zero-order chi connectivity index (χ0) is 14.4. The van der Waals surface area contributed by atoms with Crippen molar-refractivity contribution in [1.82, 2.24) is 0 Å². The summed E-state index contributed by atoms with van der Waals surface area (Å²) >= 11 is 3.63. The second-order valence-corrected chi connectivity index (χ2v) is 6.57. The van der Waals surface area contributed by atoms with Gasteiger partial charge in [0.05, 0.1) is 0 Å². The molecule has 0 aliphatic heterocycles. The molecule has 1 nitrogen and oxygen atoms in total. The van der Waals surface area contributed by atoms with Crippen LogP contribution in [0.5, 0.6) is 0 Å². The van der Waals surface area contributed by atoms with Crippen molar-refractivity contribution < 1.29 is 0 Å². The minimum absolute atomic E-state index is 0.0536. The minimum Gasteiger partial charge on any atom is -0.323 e. The molecule has 0 bridgehead atoms. The fraction of sp³-hybridized carbons (Fsp3) is 0.158. The van der Waals surface area contributed by atoms with Crippen molar-refractivity contribution in [2.75, 3.05) is 0 Å². The van der Waals surface area contributed by atoms with E-state index in [0.717, 1.165) is 10.9 Å². The molecule has 3 aromatic rings. The first-order chi connectivity index (χ1) is 10.3. The van der Waals surface area contributed by atoms with E-state index in [0.29, 0.717) is 5.92 Å². The number of nitrogens with two attached hydrogens (primary N) is 1. The molecule has 0 aromatic heterocycles. The first-order valence-corrected chi connectivity index (χ1v) is 8.05. The molecule has 0 heterocycles. The second-order valence-electron chi connectivity index (χ2n) is 5.72. The molecule has 0 amide bonds. The number of fused-ring (bicyclic) bond motifs is 2. The molecule has 2 atom stereocenters. The lowest BCUT2D eigenvalue weighted by atomic mass is 9.71. The molecular formula is C19H16BrN. The van der Waals surface area contributed by atoms with Gasteiger partial charge in [0.1, 0.15) is 0 Å². The summed E-state index contributed by atoms with van der Waals surface area (Å²) in [6, 6.07) is 21.4. The van der Waals surface area contributed by atoms with Crippen LogP contribution in [0.15, 0.2) is 65.1 Å². The lowest BCUT2D eigenvalue weighted by molar-refractivity contribution is 0.502. The molecule has 0 fully saturated rings. The number of rotatable bonds is 2. The highest BCUT2D eigenvalue weighted by Gasteiger charge is 2.32. The molecule has 1 aliphatic rings. The summed E-state index contributed by atoms with van der Waals surface area (Å²) in [6.45, 7) is 0. The second kappa shape index (κ2) is 4.97. The van der Waals surface area contributed by atoms with E-state index in [9.17, 15) is 0 Å². The highest BCUT2D eigenvalue weighted by molar-refractivity contribution is 9.10. The van der Waals surface area contributed by atoms with Gasteiger partial charge in [0, 0.05) is 16.4 Å².